The Kier molecular flexibility index (Phi) is 5.74. The Morgan fingerprint density at radius 3 is 2.45 bits per heavy atom. The van der Waals surface area contributed by atoms with Crippen LogP contribution in [0.5, 0.6) is 5.75 Å². The van der Waals surface area contributed by atoms with Crippen LogP contribution in [0, 0.1) is 5.82 Å². The van der Waals surface area contributed by atoms with Crippen molar-refractivity contribution < 1.29 is 13.9 Å². The molecule has 33 heavy (non-hydrogen) atoms. The predicted molar refractivity (Wildman–Crippen MR) is 120 cm³/mol. The van der Waals surface area contributed by atoms with E-state index in [-0.39, 0.29) is 18.3 Å². The highest BCUT2D eigenvalue weighted by molar-refractivity contribution is 6.30. The molecular formula is C22H19ClFN7O2. The third-order valence-electron chi connectivity index (χ3n) is 5.40. The van der Waals surface area contributed by atoms with Gasteiger partial charge in [-0.25, -0.2) is 14.4 Å². The quantitative estimate of drug-likeness (QED) is 0.446. The van der Waals surface area contributed by atoms with Crippen molar-refractivity contribution in [3.05, 3.63) is 65.7 Å². The van der Waals surface area contributed by atoms with Gasteiger partial charge in [-0.15, -0.1) is 5.10 Å². The number of carbonyl (C=O) groups excluding carboxylic acids is 1. The lowest BCUT2D eigenvalue weighted by atomic mass is 10.3. The van der Waals surface area contributed by atoms with Gasteiger partial charge in [0.1, 0.15) is 17.9 Å². The number of nitrogens with zero attached hydrogens (tertiary/aromatic N) is 7. The van der Waals surface area contributed by atoms with E-state index in [0.717, 1.165) is 5.69 Å². The zero-order chi connectivity index (χ0) is 22.8. The molecule has 0 atom stereocenters. The Morgan fingerprint density at radius 1 is 1.00 bits per heavy atom. The summed E-state index contributed by atoms with van der Waals surface area (Å²) in [6.45, 7) is 2.11. The fraction of sp³-hybridized carbons (Fsp3) is 0.227. The number of halogens is 2. The van der Waals surface area contributed by atoms with E-state index in [1.807, 2.05) is 12.1 Å². The molecule has 0 radical (unpaired) electrons. The van der Waals surface area contributed by atoms with Crippen molar-refractivity contribution >= 4 is 34.5 Å². The third kappa shape index (κ3) is 4.42. The van der Waals surface area contributed by atoms with E-state index in [1.54, 1.807) is 21.7 Å². The van der Waals surface area contributed by atoms with Crippen molar-refractivity contribution in [2.24, 2.45) is 0 Å². The number of rotatable bonds is 5. The first-order valence-corrected chi connectivity index (χ1v) is 10.7. The Hall–Kier alpha value is -3.79. The molecule has 3 heterocycles. The van der Waals surface area contributed by atoms with Gasteiger partial charge in [0.15, 0.2) is 23.6 Å². The molecule has 0 aliphatic carbocycles. The molecule has 1 amide bonds. The van der Waals surface area contributed by atoms with Gasteiger partial charge in [-0.05, 0) is 48.5 Å². The van der Waals surface area contributed by atoms with E-state index < -0.39 is 0 Å². The molecule has 1 aliphatic heterocycles. The Balaban J connectivity index is 1.25. The number of aromatic nitrogens is 5. The zero-order valence-corrected chi connectivity index (χ0v) is 18.2. The maximum atomic E-state index is 13.0. The largest absolute Gasteiger partial charge is 0.484 e. The number of fused-ring (bicyclic) bond motifs is 1. The van der Waals surface area contributed by atoms with Gasteiger partial charge in [0.05, 0.1) is 5.69 Å². The fourth-order valence-corrected chi connectivity index (χ4v) is 3.79. The molecule has 5 rings (SSSR count). The first-order chi connectivity index (χ1) is 16.1. The van der Waals surface area contributed by atoms with Crippen molar-refractivity contribution in [1.82, 2.24) is 29.9 Å². The van der Waals surface area contributed by atoms with Crippen molar-refractivity contribution in [3.63, 3.8) is 0 Å². The van der Waals surface area contributed by atoms with Gasteiger partial charge < -0.3 is 14.5 Å². The molecule has 0 unspecified atom stereocenters. The summed E-state index contributed by atoms with van der Waals surface area (Å²) in [5.74, 6) is 0.655. The van der Waals surface area contributed by atoms with E-state index >= 15 is 0 Å². The number of amides is 1. The number of piperazine rings is 1. The number of hydrogen-bond donors (Lipinski definition) is 0. The van der Waals surface area contributed by atoms with E-state index in [4.69, 9.17) is 16.3 Å². The van der Waals surface area contributed by atoms with Crippen LogP contribution in [0.2, 0.25) is 5.02 Å². The van der Waals surface area contributed by atoms with Crippen LogP contribution in [-0.2, 0) is 4.79 Å². The monoisotopic (exact) mass is 467 g/mol. The molecule has 1 fully saturated rings. The lowest BCUT2D eigenvalue weighted by Gasteiger charge is -2.35. The number of anilines is 1. The predicted octanol–water partition coefficient (Wildman–Crippen LogP) is 2.73. The highest BCUT2D eigenvalue weighted by atomic mass is 35.5. The Morgan fingerprint density at radius 2 is 1.73 bits per heavy atom. The van der Waals surface area contributed by atoms with Crippen LogP contribution in [0.3, 0.4) is 0 Å². The highest BCUT2D eigenvalue weighted by Gasteiger charge is 2.25. The van der Waals surface area contributed by atoms with Crippen LogP contribution in [0.25, 0.3) is 16.9 Å². The first-order valence-electron chi connectivity index (χ1n) is 10.3. The number of benzene rings is 2. The second-order valence-electron chi connectivity index (χ2n) is 7.46. The first kappa shape index (κ1) is 21.1. The Bertz CT molecular complexity index is 1270. The summed E-state index contributed by atoms with van der Waals surface area (Å²) in [6, 6.07) is 12.8. The minimum absolute atomic E-state index is 0.0984. The smallest absolute Gasteiger partial charge is 0.260 e. The van der Waals surface area contributed by atoms with Crippen molar-refractivity contribution in [3.8, 4) is 11.4 Å². The summed E-state index contributed by atoms with van der Waals surface area (Å²) in [6.07, 6.45) is 1.49. The maximum absolute atomic E-state index is 13.0. The normalized spacial score (nSPS) is 14.0. The molecule has 1 aliphatic rings. The summed E-state index contributed by atoms with van der Waals surface area (Å²) in [7, 11) is 0. The number of carbonyl (C=O) groups is 1. The molecule has 2 aromatic carbocycles. The summed E-state index contributed by atoms with van der Waals surface area (Å²) in [5, 5.41) is 9.18. The van der Waals surface area contributed by atoms with Crippen LogP contribution in [0.1, 0.15) is 0 Å². The molecule has 0 N–H and O–H groups in total. The third-order valence-corrected chi connectivity index (χ3v) is 5.65. The van der Waals surface area contributed by atoms with Gasteiger partial charge in [-0.3, -0.25) is 4.79 Å². The minimum Gasteiger partial charge on any atom is -0.484 e. The van der Waals surface area contributed by atoms with Crippen molar-refractivity contribution in [2.75, 3.05) is 37.7 Å². The highest BCUT2D eigenvalue weighted by Crippen LogP contribution is 2.24. The van der Waals surface area contributed by atoms with Gasteiger partial charge >= 0.3 is 0 Å². The Labute approximate surface area is 193 Å². The van der Waals surface area contributed by atoms with Gasteiger partial charge in [0.2, 0.25) is 0 Å². The average molecular weight is 468 g/mol. The van der Waals surface area contributed by atoms with Gasteiger partial charge in [0, 0.05) is 31.2 Å². The van der Waals surface area contributed by atoms with Crippen molar-refractivity contribution in [2.45, 2.75) is 0 Å². The number of ether oxygens (including phenoxy) is 1. The molecule has 0 bridgehead atoms. The SMILES string of the molecule is O=C(COc1ccc(F)cc1)N1CCN(c2ncnc3c2nnn3-c2ccc(Cl)cc2)CC1. The lowest BCUT2D eigenvalue weighted by Crippen LogP contribution is -2.50. The molecular weight excluding hydrogens is 449 g/mol. The maximum Gasteiger partial charge on any atom is 0.260 e. The second kappa shape index (κ2) is 8.99. The molecule has 0 spiro atoms. The summed E-state index contributed by atoms with van der Waals surface area (Å²) in [5.41, 5.74) is 1.98. The van der Waals surface area contributed by atoms with Crippen LogP contribution in [0.15, 0.2) is 54.9 Å². The van der Waals surface area contributed by atoms with Crippen LogP contribution in [-0.4, -0.2) is 68.6 Å². The van der Waals surface area contributed by atoms with Crippen LogP contribution >= 0.6 is 11.6 Å². The van der Waals surface area contributed by atoms with E-state index in [0.29, 0.717) is 53.9 Å². The minimum atomic E-state index is -0.350. The average Bonchev–Trinajstić information content (AvgIpc) is 3.28. The topological polar surface area (TPSA) is 89.3 Å². The number of hydrogen-bond acceptors (Lipinski definition) is 7. The standard InChI is InChI=1S/C22H19ClFN7O2/c23-15-1-5-17(6-2-15)31-22-20(27-28-31)21(25-14-26-22)30-11-9-29(10-12-30)19(32)13-33-18-7-3-16(24)4-8-18/h1-8,14H,9-13H2. The summed E-state index contributed by atoms with van der Waals surface area (Å²) in [4.78, 5) is 25.1. The molecule has 4 aromatic rings. The van der Waals surface area contributed by atoms with Crippen LogP contribution < -0.4 is 9.64 Å². The fourth-order valence-electron chi connectivity index (χ4n) is 3.66. The van der Waals surface area contributed by atoms with Crippen molar-refractivity contribution in [1.29, 1.82) is 0 Å². The molecule has 1 saturated heterocycles. The van der Waals surface area contributed by atoms with Crippen LogP contribution in [0.4, 0.5) is 10.2 Å². The van der Waals surface area contributed by atoms with E-state index in [2.05, 4.69) is 25.2 Å². The zero-order valence-electron chi connectivity index (χ0n) is 17.4. The van der Waals surface area contributed by atoms with Gasteiger partial charge in [-0.2, -0.15) is 4.68 Å². The summed E-state index contributed by atoms with van der Waals surface area (Å²) < 4.78 is 20.1. The molecule has 168 valence electrons. The molecule has 2 aromatic heterocycles. The summed E-state index contributed by atoms with van der Waals surface area (Å²) >= 11 is 5.98. The van der Waals surface area contributed by atoms with Gasteiger partial charge in [-0.1, -0.05) is 16.8 Å². The molecule has 0 saturated carbocycles. The lowest BCUT2D eigenvalue weighted by molar-refractivity contribution is -0.133. The van der Waals surface area contributed by atoms with E-state index in [1.165, 1.54) is 30.6 Å². The van der Waals surface area contributed by atoms with Gasteiger partial charge in [0.25, 0.3) is 5.91 Å². The second-order valence-corrected chi connectivity index (χ2v) is 7.89. The molecule has 11 heteroatoms. The molecule has 9 nitrogen and oxygen atoms in total. The van der Waals surface area contributed by atoms with E-state index in [9.17, 15) is 9.18 Å².